The molecule has 0 aromatic heterocycles. The van der Waals surface area contributed by atoms with Gasteiger partial charge in [0.1, 0.15) is 0 Å². The number of oxime groups is 1. The van der Waals surface area contributed by atoms with Gasteiger partial charge in [0.15, 0.2) is 0 Å². The van der Waals surface area contributed by atoms with E-state index in [0.717, 1.165) is 36.8 Å². The number of allylic oxidation sites excluding steroid dienone is 1. The molecule has 0 N–H and O–H groups in total. The van der Waals surface area contributed by atoms with Crippen molar-refractivity contribution in [2.75, 3.05) is 0 Å². The Labute approximate surface area is 116 Å². The van der Waals surface area contributed by atoms with Crippen LogP contribution in [-0.2, 0) is 16.1 Å². The number of rotatable bonds is 3. The molecule has 0 bridgehead atoms. The lowest BCUT2D eigenvalue weighted by Crippen LogP contribution is -2.05. The van der Waals surface area contributed by atoms with Crippen LogP contribution in [0.5, 0.6) is 0 Å². The monoisotopic (exact) mass is 275 g/mol. The third-order valence-corrected chi connectivity index (χ3v) is 3.91. The first kappa shape index (κ1) is 12.4. The van der Waals surface area contributed by atoms with Crippen LogP contribution in [-0.4, -0.2) is 12.2 Å². The van der Waals surface area contributed by atoms with E-state index in [1.54, 1.807) is 6.21 Å². The summed E-state index contributed by atoms with van der Waals surface area (Å²) >= 11 is 6.35. The van der Waals surface area contributed by atoms with Crippen LogP contribution in [0.1, 0.15) is 30.4 Å². The van der Waals surface area contributed by atoms with Crippen molar-refractivity contribution >= 4 is 28.8 Å². The van der Waals surface area contributed by atoms with Gasteiger partial charge in [-0.15, -0.1) is 0 Å². The van der Waals surface area contributed by atoms with Crippen molar-refractivity contribution in [3.05, 3.63) is 41.0 Å². The summed E-state index contributed by atoms with van der Waals surface area (Å²) in [7, 11) is 0. The zero-order chi connectivity index (χ0) is 13.2. The first-order chi connectivity index (χ1) is 9.25. The van der Waals surface area contributed by atoms with Gasteiger partial charge in [0.25, 0.3) is 0 Å². The maximum Gasteiger partial charge on any atom is 0.338 e. The molecule has 0 saturated heterocycles. The number of hydrogen-bond donors (Lipinski definition) is 0. The second-order valence-electron chi connectivity index (χ2n) is 4.92. The fraction of sp³-hybridized carbons (Fsp3) is 0.333. The lowest BCUT2D eigenvalue weighted by molar-refractivity contribution is -0.145. The van der Waals surface area contributed by atoms with E-state index in [9.17, 15) is 4.79 Å². The fourth-order valence-corrected chi connectivity index (χ4v) is 2.49. The van der Waals surface area contributed by atoms with Crippen LogP contribution in [0.2, 0.25) is 0 Å². The van der Waals surface area contributed by atoms with Crippen LogP contribution in [0.3, 0.4) is 0 Å². The number of nitrogens with zero attached hydrogens (tertiary/aromatic N) is 1. The second kappa shape index (κ2) is 5.17. The van der Waals surface area contributed by atoms with Crippen LogP contribution in [0.15, 0.2) is 35.0 Å². The average Bonchev–Trinajstić information content (AvgIpc) is 3.26. The van der Waals surface area contributed by atoms with Gasteiger partial charge in [0.2, 0.25) is 0 Å². The summed E-state index contributed by atoms with van der Waals surface area (Å²) in [5.74, 6) is -0.169. The molecular formula is C15H14ClNO2. The molecule has 1 saturated carbocycles. The predicted octanol–water partition coefficient (Wildman–Crippen LogP) is 3.52. The predicted molar refractivity (Wildman–Crippen MR) is 74.8 cm³/mol. The Morgan fingerprint density at radius 3 is 2.89 bits per heavy atom. The van der Waals surface area contributed by atoms with Gasteiger partial charge in [-0.1, -0.05) is 41.0 Å². The largest absolute Gasteiger partial charge is 0.338 e. The van der Waals surface area contributed by atoms with Gasteiger partial charge in [-0.25, -0.2) is 4.79 Å². The van der Waals surface area contributed by atoms with Crippen molar-refractivity contribution in [3.63, 3.8) is 0 Å². The van der Waals surface area contributed by atoms with Crippen LogP contribution >= 0.6 is 11.6 Å². The third-order valence-electron chi connectivity index (χ3n) is 3.46. The minimum Gasteiger partial charge on any atom is -0.318 e. The summed E-state index contributed by atoms with van der Waals surface area (Å²) in [6.45, 7) is 0. The van der Waals surface area contributed by atoms with E-state index in [1.807, 2.05) is 18.2 Å². The normalized spacial score (nSPS) is 18.6. The van der Waals surface area contributed by atoms with Crippen LogP contribution in [0, 0.1) is 5.92 Å². The minimum absolute atomic E-state index is 0.0636. The van der Waals surface area contributed by atoms with E-state index in [-0.39, 0.29) is 11.9 Å². The number of fused-ring (bicyclic) bond motifs is 1. The number of aryl methyl sites for hydroxylation is 1. The Morgan fingerprint density at radius 1 is 1.32 bits per heavy atom. The SMILES string of the molecule is O=C(O/N=C\C1=C(Cl)c2ccccc2CC1)C1CC1. The van der Waals surface area contributed by atoms with Crippen molar-refractivity contribution in [1.82, 2.24) is 0 Å². The third kappa shape index (κ3) is 2.71. The summed E-state index contributed by atoms with van der Waals surface area (Å²) in [5.41, 5.74) is 3.22. The molecule has 0 aliphatic heterocycles. The minimum atomic E-state index is -0.232. The van der Waals surface area contributed by atoms with Gasteiger partial charge in [0.05, 0.1) is 17.2 Å². The lowest BCUT2D eigenvalue weighted by atomic mass is 9.92. The topological polar surface area (TPSA) is 38.7 Å². The molecule has 2 aliphatic rings. The molecule has 0 heterocycles. The molecule has 0 atom stereocenters. The molecule has 19 heavy (non-hydrogen) atoms. The van der Waals surface area contributed by atoms with Gasteiger partial charge in [0, 0.05) is 0 Å². The first-order valence-electron chi connectivity index (χ1n) is 6.47. The van der Waals surface area contributed by atoms with Crippen LogP contribution in [0.25, 0.3) is 5.03 Å². The van der Waals surface area contributed by atoms with Crippen molar-refractivity contribution < 1.29 is 9.63 Å². The molecule has 0 radical (unpaired) electrons. The summed E-state index contributed by atoms with van der Waals surface area (Å²) in [6.07, 6.45) is 5.17. The highest BCUT2D eigenvalue weighted by molar-refractivity contribution is 6.50. The molecule has 0 amide bonds. The Kier molecular flexibility index (Phi) is 3.38. The molecule has 1 aromatic carbocycles. The summed E-state index contributed by atoms with van der Waals surface area (Å²) in [6, 6.07) is 8.06. The van der Waals surface area contributed by atoms with E-state index < -0.39 is 0 Å². The molecule has 0 spiro atoms. The van der Waals surface area contributed by atoms with E-state index in [4.69, 9.17) is 16.4 Å². The Balaban J connectivity index is 1.74. The van der Waals surface area contributed by atoms with Gasteiger partial charge in [-0.3, -0.25) is 0 Å². The van der Waals surface area contributed by atoms with E-state index in [1.165, 1.54) is 5.56 Å². The zero-order valence-electron chi connectivity index (χ0n) is 10.4. The molecule has 0 unspecified atom stereocenters. The highest BCUT2D eigenvalue weighted by atomic mass is 35.5. The maximum atomic E-state index is 11.3. The quantitative estimate of drug-likeness (QED) is 0.481. The zero-order valence-corrected chi connectivity index (χ0v) is 11.2. The number of carbonyl (C=O) groups excluding carboxylic acids is 1. The van der Waals surface area contributed by atoms with Crippen molar-refractivity contribution in [1.29, 1.82) is 0 Å². The molecule has 4 heteroatoms. The highest BCUT2D eigenvalue weighted by Crippen LogP contribution is 2.33. The number of benzene rings is 1. The molecule has 2 aliphatic carbocycles. The van der Waals surface area contributed by atoms with Gasteiger partial charge in [-0.2, -0.15) is 0 Å². The number of hydrogen-bond acceptors (Lipinski definition) is 3. The molecule has 1 aromatic rings. The summed E-state index contributed by atoms with van der Waals surface area (Å²) in [4.78, 5) is 16.2. The fourth-order valence-electron chi connectivity index (χ4n) is 2.16. The molecule has 98 valence electrons. The number of halogens is 1. The van der Waals surface area contributed by atoms with Crippen molar-refractivity contribution in [3.8, 4) is 0 Å². The van der Waals surface area contributed by atoms with Crippen LogP contribution in [0.4, 0.5) is 0 Å². The summed E-state index contributed by atoms with van der Waals surface area (Å²) < 4.78 is 0. The Morgan fingerprint density at radius 2 is 2.11 bits per heavy atom. The number of carbonyl (C=O) groups is 1. The van der Waals surface area contributed by atoms with Crippen LogP contribution < -0.4 is 0 Å². The smallest absolute Gasteiger partial charge is 0.318 e. The first-order valence-corrected chi connectivity index (χ1v) is 6.84. The second-order valence-corrected chi connectivity index (χ2v) is 5.29. The van der Waals surface area contributed by atoms with Gasteiger partial charge < -0.3 is 4.84 Å². The molecule has 1 fully saturated rings. The van der Waals surface area contributed by atoms with E-state index in [0.29, 0.717) is 5.03 Å². The Bertz CT molecular complexity index is 573. The maximum absolute atomic E-state index is 11.3. The van der Waals surface area contributed by atoms with Gasteiger partial charge >= 0.3 is 5.97 Å². The standard InChI is InChI=1S/C15H14ClNO2/c16-14-12(9-17-19-15(18)11-6-7-11)8-5-10-3-1-2-4-13(10)14/h1-4,9,11H,5-8H2/b17-9-. The van der Waals surface area contributed by atoms with E-state index in [2.05, 4.69) is 11.2 Å². The average molecular weight is 276 g/mol. The van der Waals surface area contributed by atoms with Crippen molar-refractivity contribution in [2.45, 2.75) is 25.7 Å². The summed E-state index contributed by atoms with van der Waals surface area (Å²) in [5, 5.41) is 4.46. The Hall–Kier alpha value is -1.61. The van der Waals surface area contributed by atoms with Crippen molar-refractivity contribution in [2.24, 2.45) is 11.1 Å². The molecule has 3 rings (SSSR count). The lowest BCUT2D eigenvalue weighted by Gasteiger charge is -2.16. The highest BCUT2D eigenvalue weighted by Gasteiger charge is 2.31. The van der Waals surface area contributed by atoms with E-state index >= 15 is 0 Å². The van der Waals surface area contributed by atoms with Gasteiger partial charge in [-0.05, 0) is 42.4 Å². The molecular weight excluding hydrogens is 262 g/mol. The molecule has 3 nitrogen and oxygen atoms in total.